The normalized spacial score (nSPS) is 14.5. The molecule has 0 unspecified atom stereocenters. The van der Waals surface area contributed by atoms with E-state index < -0.39 is 0 Å². The number of rotatable bonds is 11. The molecule has 41 heavy (non-hydrogen) atoms. The minimum Gasteiger partial charge on any atom is -0.493 e. The van der Waals surface area contributed by atoms with Crippen molar-refractivity contribution in [1.29, 1.82) is 0 Å². The Bertz CT molecular complexity index is 1570. The van der Waals surface area contributed by atoms with Gasteiger partial charge in [0.15, 0.2) is 0 Å². The van der Waals surface area contributed by atoms with Crippen LogP contribution in [0, 0.1) is 5.92 Å². The van der Waals surface area contributed by atoms with E-state index in [0.717, 1.165) is 91.1 Å². The number of fused-ring (bicyclic) bond motifs is 1. The summed E-state index contributed by atoms with van der Waals surface area (Å²) in [4.78, 5) is 17.6. The van der Waals surface area contributed by atoms with Gasteiger partial charge in [-0.15, -0.1) is 0 Å². The third-order valence-electron chi connectivity index (χ3n) is 7.54. The monoisotopic (exact) mass is 553 g/mol. The van der Waals surface area contributed by atoms with Crippen LogP contribution in [0.5, 0.6) is 5.75 Å². The highest BCUT2D eigenvalue weighted by atomic mass is 16.5. The lowest BCUT2D eigenvalue weighted by Gasteiger charge is -2.31. The quantitative estimate of drug-likeness (QED) is 0.260. The largest absolute Gasteiger partial charge is 0.493 e. The van der Waals surface area contributed by atoms with Gasteiger partial charge in [-0.05, 0) is 43.5 Å². The first-order chi connectivity index (χ1) is 20.1. The van der Waals surface area contributed by atoms with Gasteiger partial charge in [-0.3, -0.25) is 4.40 Å². The highest BCUT2D eigenvalue weighted by Crippen LogP contribution is 2.25. The predicted octanol–water partition coefficient (Wildman–Crippen LogP) is 3.94. The summed E-state index contributed by atoms with van der Waals surface area (Å²) in [6.45, 7) is 5.37. The molecular weight excluding hydrogens is 518 g/mol. The second kappa shape index (κ2) is 12.4. The summed E-state index contributed by atoms with van der Waals surface area (Å²) in [5, 5.41) is 11.9. The molecule has 6 rings (SSSR count). The van der Waals surface area contributed by atoms with Gasteiger partial charge in [0.2, 0.25) is 0 Å². The number of pyridine rings is 1. The van der Waals surface area contributed by atoms with Crippen LogP contribution in [0.15, 0.2) is 67.4 Å². The molecule has 11 nitrogen and oxygen atoms in total. The van der Waals surface area contributed by atoms with E-state index in [9.17, 15) is 0 Å². The zero-order valence-electron chi connectivity index (χ0n) is 23.5. The van der Waals surface area contributed by atoms with Crippen LogP contribution in [0.2, 0.25) is 0 Å². The van der Waals surface area contributed by atoms with Crippen LogP contribution < -0.4 is 10.1 Å². The fourth-order valence-electron chi connectivity index (χ4n) is 5.11. The third kappa shape index (κ3) is 6.53. The smallest absolute Gasteiger partial charge is 0.140 e. The fraction of sp³-hybridized carbons (Fsp3) is 0.367. The molecule has 1 aliphatic rings. The van der Waals surface area contributed by atoms with E-state index in [1.807, 2.05) is 42.0 Å². The van der Waals surface area contributed by atoms with Crippen LogP contribution in [0.4, 0.5) is 5.82 Å². The first-order valence-electron chi connectivity index (χ1n) is 14.0. The number of hydrogen-bond donors (Lipinski definition) is 1. The molecule has 1 saturated heterocycles. The van der Waals surface area contributed by atoms with E-state index in [4.69, 9.17) is 9.47 Å². The van der Waals surface area contributed by atoms with Gasteiger partial charge in [0, 0.05) is 51.1 Å². The molecule has 0 bridgehead atoms. The lowest BCUT2D eigenvalue weighted by molar-refractivity contribution is 0.105. The van der Waals surface area contributed by atoms with E-state index in [1.54, 1.807) is 24.4 Å². The molecule has 1 N–H and O–H groups in total. The van der Waals surface area contributed by atoms with Crippen LogP contribution in [-0.2, 0) is 18.3 Å². The number of benzene rings is 1. The van der Waals surface area contributed by atoms with Crippen molar-refractivity contribution in [3.63, 3.8) is 0 Å². The Morgan fingerprint density at radius 3 is 2.61 bits per heavy atom. The average molecular weight is 554 g/mol. The van der Waals surface area contributed by atoms with E-state index in [-0.39, 0.29) is 0 Å². The Morgan fingerprint density at radius 1 is 0.976 bits per heavy atom. The molecule has 11 heteroatoms. The molecule has 0 amide bonds. The maximum absolute atomic E-state index is 6.17. The number of anilines is 1. The minimum absolute atomic E-state index is 0.573. The van der Waals surface area contributed by atoms with Crippen molar-refractivity contribution in [3.05, 3.63) is 72.9 Å². The molecule has 4 aromatic heterocycles. The molecule has 5 heterocycles. The van der Waals surface area contributed by atoms with E-state index in [0.29, 0.717) is 12.5 Å². The molecule has 0 aliphatic carbocycles. The molecule has 1 fully saturated rings. The number of methoxy groups -OCH3 is 1. The van der Waals surface area contributed by atoms with Gasteiger partial charge in [0.05, 0.1) is 37.0 Å². The van der Waals surface area contributed by atoms with Crippen LogP contribution in [-0.4, -0.2) is 79.2 Å². The number of aromatic nitrogens is 7. The summed E-state index contributed by atoms with van der Waals surface area (Å²) in [6, 6.07) is 14.2. The SMILES string of the molecule is COCCN1CCC(COc2ccn3c(-c4cc(NCc5ccc(-c6cnn(C)n6)cc5)ncn4)cnc3c2)CC1. The topological polar surface area (TPSA) is 108 Å². The summed E-state index contributed by atoms with van der Waals surface area (Å²) < 4.78 is 13.4. The molecule has 5 aromatic rings. The molecule has 1 aliphatic heterocycles. The van der Waals surface area contributed by atoms with Gasteiger partial charge in [0.25, 0.3) is 0 Å². The Balaban J connectivity index is 1.06. The van der Waals surface area contributed by atoms with Crippen LogP contribution in [0.1, 0.15) is 18.4 Å². The third-order valence-corrected chi connectivity index (χ3v) is 7.54. The van der Waals surface area contributed by atoms with E-state index in [2.05, 4.69) is 59.6 Å². The van der Waals surface area contributed by atoms with Crippen LogP contribution >= 0.6 is 0 Å². The number of ether oxygens (including phenoxy) is 2. The number of hydrogen-bond acceptors (Lipinski definition) is 9. The molecule has 212 valence electrons. The maximum atomic E-state index is 6.17. The standard InChI is InChI=1S/C30H35N9O2/c1-37-35-18-27(36-37)24-5-3-22(4-6-24)17-31-29-16-26(33-21-34-29)28-19-32-30-15-25(9-12-39(28)30)41-20-23-7-10-38(11-8-23)13-14-40-2/h3-6,9,12,15-16,18-19,21,23H,7-8,10-11,13-14,17,20H2,1-2H3,(H,31,33,34). The Labute approximate surface area is 239 Å². The van der Waals surface area contributed by atoms with Gasteiger partial charge in [-0.2, -0.15) is 15.0 Å². The second-order valence-electron chi connectivity index (χ2n) is 10.4. The first kappa shape index (κ1) is 26.9. The first-order valence-corrected chi connectivity index (χ1v) is 14.0. The summed E-state index contributed by atoms with van der Waals surface area (Å²) in [5.41, 5.74) is 5.54. The van der Waals surface area contributed by atoms with Crippen molar-refractivity contribution in [2.24, 2.45) is 13.0 Å². The van der Waals surface area contributed by atoms with Gasteiger partial charge in [0.1, 0.15) is 29.2 Å². The van der Waals surface area contributed by atoms with Crippen molar-refractivity contribution >= 4 is 11.5 Å². The van der Waals surface area contributed by atoms with Crippen molar-refractivity contribution in [1.82, 2.24) is 39.2 Å². The molecular formula is C30H35N9O2. The lowest BCUT2D eigenvalue weighted by atomic mass is 9.98. The second-order valence-corrected chi connectivity index (χ2v) is 10.4. The number of nitrogens with zero attached hydrogens (tertiary/aromatic N) is 8. The number of aryl methyl sites for hydroxylation is 1. The maximum Gasteiger partial charge on any atom is 0.140 e. The van der Waals surface area contributed by atoms with E-state index in [1.165, 1.54) is 0 Å². The predicted molar refractivity (Wildman–Crippen MR) is 157 cm³/mol. The van der Waals surface area contributed by atoms with Crippen molar-refractivity contribution in [2.45, 2.75) is 19.4 Å². The number of imidazole rings is 1. The van der Waals surface area contributed by atoms with Crippen molar-refractivity contribution in [3.8, 4) is 28.4 Å². The highest BCUT2D eigenvalue weighted by molar-refractivity contribution is 5.63. The Hall–Kier alpha value is -4.35. The zero-order chi connectivity index (χ0) is 28.0. The van der Waals surface area contributed by atoms with Gasteiger partial charge >= 0.3 is 0 Å². The summed E-state index contributed by atoms with van der Waals surface area (Å²) in [6.07, 6.45) is 9.47. The van der Waals surface area contributed by atoms with Crippen molar-refractivity contribution < 1.29 is 9.47 Å². The zero-order valence-corrected chi connectivity index (χ0v) is 23.5. The lowest BCUT2D eigenvalue weighted by Crippen LogP contribution is -2.37. The molecule has 0 atom stereocenters. The number of piperidine rings is 1. The fourth-order valence-corrected chi connectivity index (χ4v) is 5.11. The summed E-state index contributed by atoms with van der Waals surface area (Å²) in [5.74, 6) is 2.16. The average Bonchev–Trinajstić information content (AvgIpc) is 3.65. The number of likely N-dealkylation sites (tertiary alicyclic amines) is 1. The molecule has 0 radical (unpaired) electrons. The Kier molecular flexibility index (Phi) is 8.15. The molecule has 1 aromatic carbocycles. The van der Waals surface area contributed by atoms with E-state index >= 15 is 0 Å². The summed E-state index contributed by atoms with van der Waals surface area (Å²) in [7, 11) is 3.57. The summed E-state index contributed by atoms with van der Waals surface area (Å²) >= 11 is 0. The number of nitrogens with one attached hydrogen (secondary N) is 1. The molecule has 0 spiro atoms. The van der Waals surface area contributed by atoms with Crippen LogP contribution in [0.25, 0.3) is 28.3 Å². The van der Waals surface area contributed by atoms with Gasteiger partial charge < -0.3 is 19.7 Å². The Morgan fingerprint density at radius 2 is 1.83 bits per heavy atom. The minimum atomic E-state index is 0.573. The van der Waals surface area contributed by atoms with Crippen LogP contribution in [0.3, 0.4) is 0 Å². The van der Waals surface area contributed by atoms with Crippen molar-refractivity contribution in [2.75, 3.05) is 45.3 Å². The molecule has 0 saturated carbocycles. The van der Waals surface area contributed by atoms with Gasteiger partial charge in [-0.25, -0.2) is 15.0 Å². The highest BCUT2D eigenvalue weighted by Gasteiger charge is 2.19. The van der Waals surface area contributed by atoms with Gasteiger partial charge in [-0.1, -0.05) is 24.3 Å².